The third-order valence-corrected chi connectivity index (χ3v) is 3.86. The monoisotopic (exact) mass is 210 g/mol. The largest absolute Gasteiger partial charge is 0.339 e. The Hall–Kier alpha value is -0.570. The minimum atomic E-state index is 0.350. The number of nitrogens with two attached hydrogens (primary N) is 1. The summed E-state index contributed by atoms with van der Waals surface area (Å²) in [5.41, 5.74) is 5.52. The molecule has 0 heterocycles. The van der Waals surface area contributed by atoms with Gasteiger partial charge in [0.05, 0.1) is 0 Å². The molecule has 86 valence electrons. The lowest BCUT2D eigenvalue weighted by molar-refractivity contribution is -0.142. The van der Waals surface area contributed by atoms with Crippen molar-refractivity contribution in [3.8, 4) is 0 Å². The Kier molecular flexibility index (Phi) is 3.62. The molecule has 0 unspecified atom stereocenters. The van der Waals surface area contributed by atoms with E-state index in [1.54, 1.807) is 0 Å². The standard InChI is InChI=1S/C12H22N2O/c13-8-3-9-14(11-6-2-7-11)12(15)10-4-1-5-10/h10-11H,1-9,13H2. The third kappa shape index (κ3) is 2.33. The Morgan fingerprint density at radius 2 is 1.87 bits per heavy atom. The number of nitrogens with zero attached hydrogens (tertiary/aromatic N) is 1. The zero-order chi connectivity index (χ0) is 10.7. The fraction of sp³-hybridized carbons (Fsp3) is 0.917. The zero-order valence-corrected chi connectivity index (χ0v) is 9.45. The molecule has 2 saturated carbocycles. The molecule has 0 aromatic carbocycles. The van der Waals surface area contributed by atoms with Crippen LogP contribution in [-0.2, 0) is 4.79 Å². The molecule has 0 radical (unpaired) electrons. The summed E-state index contributed by atoms with van der Waals surface area (Å²) in [5.74, 6) is 0.766. The van der Waals surface area contributed by atoms with Gasteiger partial charge in [-0.2, -0.15) is 0 Å². The molecule has 1 amide bonds. The van der Waals surface area contributed by atoms with Crippen LogP contribution < -0.4 is 5.73 Å². The molecule has 0 aliphatic heterocycles. The number of hydrogen-bond acceptors (Lipinski definition) is 2. The average Bonchev–Trinajstić information content (AvgIpc) is 2.05. The fourth-order valence-electron chi connectivity index (χ4n) is 2.32. The predicted molar refractivity (Wildman–Crippen MR) is 60.4 cm³/mol. The van der Waals surface area contributed by atoms with Crippen molar-refractivity contribution in [2.75, 3.05) is 13.1 Å². The molecule has 2 fully saturated rings. The molecule has 0 aromatic heterocycles. The predicted octanol–water partition coefficient (Wildman–Crippen LogP) is 1.52. The van der Waals surface area contributed by atoms with Crippen LogP contribution >= 0.6 is 0 Å². The van der Waals surface area contributed by atoms with E-state index in [4.69, 9.17) is 5.73 Å². The van der Waals surface area contributed by atoms with Gasteiger partial charge in [-0.25, -0.2) is 0 Å². The normalized spacial score (nSPS) is 21.9. The number of carbonyl (C=O) groups is 1. The first kappa shape index (κ1) is 10.9. The highest BCUT2D eigenvalue weighted by Crippen LogP contribution is 2.32. The van der Waals surface area contributed by atoms with Crippen molar-refractivity contribution < 1.29 is 4.79 Å². The van der Waals surface area contributed by atoms with Gasteiger partial charge in [0.2, 0.25) is 5.91 Å². The van der Waals surface area contributed by atoms with Crippen LogP contribution in [0.5, 0.6) is 0 Å². The zero-order valence-electron chi connectivity index (χ0n) is 9.45. The van der Waals surface area contributed by atoms with Crippen LogP contribution in [0.2, 0.25) is 0 Å². The van der Waals surface area contributed by atoms with E-state index in [1.807, 2.05) is 0 Å². The molecule has 2 aliphatic carbocycles. The van der Waals surface area contributed by atoms with Gasteiger partial charge in [-0.05, 0) is 45.1 Å². The van der Waals surface area contributed by atoms with Crippen LogP contribution in [0.15, 0.2) is 0 Å². The lowest BCUT2D eigenvalue weighted by atomic mass is 9.82. The molecule has 0 bridgehead atoms. The van der Waals surface area contributed by atoms with Crippen molar-refractivity contribution in [1.82, 2.24) is 4.90 Å². The fourth-order valence-corrected chi connectivity index (χ4v) is 2.32. The molecule has 2 aliphatic rings. The molecule has 0 aromatic rings. The minimum Gasteiger partial charge on any atom is -0.339 e. The molecule has 2 rings (SSSR count). The summed E-state index contributed by atoms with van der Waals surface area (Å²) < 4.78 is 0. The van der Waals surface area contributed by atoms with Gasteiger partial charge in [-0.15, -0.1) is 0 Å². The Bertz CT molecular complexity index is 222. The molecule has 0 saturated heterocycles. The van der Waals surface area contributed by atoms with E-state index in [9.17, 15) is 4.79 Å². The van der Waals surface area contributed by atoms with E-state index in [1.165, 1.54) is 25.7 Å². The summed E-state index contributed by atoms with van der Waals surface area (Å²) in [6.07, 6.45) is 8.14. The lowest BCUT2D eigenvalue weighted by Crippen LogP contribution is -2.48. The summed E-state index contributed by atoms with van der Waals surface area (Å²) in [7, 11) is 0. The average molecular weight is 210 g/mol. The highest BCUT2D eigenvalue weighted by atomic mass is 16.2. The van der Waals surface area contributed by atoms with Gasteiger partial charge in [0.25, 0.3) is 0 Å². The topological polar surface area (TPSA) is 46.3 Å². The number of carbonyl (C=O) groups excluding carboxylic acids is 1. The second kappa shape index (κ2) is 4.97. The molecular weight excluding hydrogens is 188 g/mol. The molecule has 0 spiro atoms. The minimum absolute atomic E-state index is 0.350. The molecular formula is C12H22N2O. The van der Waals surface area contributed by atoms with E-state index in [0.717, 1.165) is 25.8 Å². The van der Waals surface area contributed by atoms with Crippen molar-refractivity contribution in [3.05, 3.63) is 0 Å². The maximum absolute atomic E-state index is 12.2. The van der Waals surface area contributed by atoms with E-state index in [0.29, 0.717) is 24.4 Å². The van der Waals surface area contributed by atoms with E-state index >= 15 is 0 Å². The highest BCUT2D eigenvalue weighted by Gasteiger charge is 2.34. The first-order valence-electron chi connectivity index (χ1n) is 6.33. The van der Waals surface area contributed by atoms with Crippen molar-refractivity contribution in [2.45, 2.75) is 51.0 Å². The molecule has 0 atom stereocenters. The quantitative estimate of drug-likeness (QED) is 0.747. The SMILES string of the molecule is NCCCN(C(=O)C1CCC1)C1CCC1. The van der Waals surface area contributed by atoms with Gasteiger partial charge < -0.3 is 10.6 Å². The van der Waals surface area contributed by atoms with Gasteiger partial charge in [0.1, 0.15) is 0 Å². The maximum Gasteiger partial charge on any atom is 0.225 e. The van der Waals surface area contributed by atoms with Crippen LogP contribution in [0.1, 0.15) is 44.9 Å². The van der Waals surface area contributed by atoms with Crippen LogP contribution in [0.4, 0.5) is 0 Å². The van der Waals surface area contributed by atoms with Crippen molar-refractivity contribution >= 4 is 5.91 Å². The van der Waals surface area contributed by atoms with E-state index in [2.05, 4.69) is 4.90 Å². The van der Waals surface area contributed by atoms with Gasteiger partial charge in [0.15, 0.2) is 0 Å². The molecule has 15 heavy (non-hydrogen) atoms. The van der Waals surface area contributed by atoms with Crippen LogP contribution in [0.3, 0.4) is 0 Å². The second-order valence-corrected chi connectivity index (χ2v) is 4.89. The summed E-state index contributed by atoms with van der Waals surface area (Å²) >= 11 is 0. The Morgan fingerprint density at radius 3 is 2.27 bits per heavy atom. The van der Waals surface area contributed by atoms with Crippen LogP contribution in [0.25, 0.3) is 0 Å². The first-order chi connectivity index (χ1) is 7.33. The van der Waals surface area contributed by atoms with E-state index in [-0.39, 0.29) is 0 Å². The molecule has 2 N–H and O–H groups in total. The van der Waals surface area contributed by atoms with Crippen LogP contribution in [0, 0.1) is 5.92 Å². The van der Waals surface area contributed by atoms with Gasteiger partial charge in [-0.3, -0.25) is 4.79 Å². The number of hydrogen-bond donors (Lipinski definition) is 1. The van der Waals surface area contributed by atoms with Crippen molar-refractivity contribution in [3.63, 3.8) is 0 Å². The van der Waals surface area contributed by atoms with Crippen molar-refractivity contribution in [1.29, 1.82) is 0 Å². The van der Waals surface area contributed by atoms with Gasteiger partial charge in [0, 0.05) is 18.5 Å². The summed E-state index contributed by atoms with van der Waals surface area (Å²) in [6.45, 7) is 1.58. The summed E-state index contributed by atoms with van der Waals surface area (Å²) in [5, 5.41) is 0. The highest BCUT2D eigenvalue weighted by molar-refractivity contribution is 5.80. The van der Waals surface area contributed by atoms with E-state index < -0.39 is 0 Å². The number of amides is 1. The summed E-state index contributed by atoms with van der Waals surface area (Å²) in [4.78, 5) is 14.3. The van der Waals surface area contributed by atoms with Crippen molar-refractivity contribution in [2.24, 2.45) is 11.7 Å². The Balaban J connectivity index is 1.87. The van der Waals surface area contributed by atoms with Crippen LogP contribution in [-0.4, -0.2) is 29.9 Å². The molecule has 3 heteroatoms. The molecule has 3 nitrogen and oxygen atoms in total. The smallest absolute Gasteiger partial charge is 0.225 e. The Morgan fingerprint density at radius 1 is 1.20 bits per heavy atom. The first-order valence-corrected chi connectivity index (χ1v) is 6.33. The lowest BCUT2D eigenvalue weighted by Gasteiger charge is -2.41. The van der Waals surface area contributed by atoms with Gasteiger partial charge in [-0.1, -0.05) is 6.42 Å². The number of rotatable bonds is 5. The van der Waals surface area contributed by atoms with Gasteiger partial charge >= 0.3 is 0 Å². The maximum atomic E-state index is 12.2. The Labute approximate surface area is 92.0 Å². The second-order valence-electron chi connectivity index (χ2n) is 4.89. The third-order valence-electron chi connectivity index (χ3n) is 3.86. The summed E-state index contributed by atoms with van der Waals surface area (Å²) in [6, 6.07) is 0.546.